The number of hydrogen-bond acceptors (Lipinski definition) is 4. The molecule has 0 N–H and O–H groups in total. The van der Waals surface area contributed by atoms with Crippen molar-refractivity contribution in [2.75, 3.05) is 19.7 Å². The van der Waals surface area contributed by atoms with E-state index in [1.54, 1.807) is 4.90 Å². The molecule has 0 aromatic heterocycles. The predicted molar refractivity (Wildman–Crippen MR) is 104 cm³/mol. The first-order valence-electron chi connectivity index (χ1n) is 9.66. The Kier molecular flexibility index (Phi) is 6.23. The Labute approximate surface area is 162 Å². The summed E-state index contributed by atoms with van der Waals surface area (Å²) in [6.45, 7) is 13.8. The third kappa shape index (κ3) is 5.47. The van der Waals surface area contributed by atoms with E-state index >= 15 is 0 Å². The van der Waals surface area contributed by atoms with Crippen LogP contribution in [0.15, 0.2) is 18.2 Å². The minimum atomic E-state index is -1.02. The molecule has 0 aliphatic carbocycles. The monoisotopic (exact) mass is 374 g/mol. The summed E-state index contributed by atoms with van der Waals surface area (Å²) in [5, 5.41) is 10.9. The minimum absolute atomic E-state index is 0.0338. The Hall–Kier alpha value is -2.04. The van der Waals surface area contributed by atoms with Gasteiger partial charge in [-0.2, -0.15) is 0 Å². The summed E-state index contributed by atoms with van der Waals surface area (Å²) in [5.41, 5.74) is 2.25. The van der Waals surface area contributed by atoms with Gasteiger partial charge in [-0.3, -0.25) is 4.79 Å². The third-order valence-corrected chi connectivity index (χ3v) is 5.19. The summed E-state index contributed by atoms with van der Waals surface area (Å²) in [7, 11) is 0. The first-order valence-corrected chi connectivity index (χ1v) is 9.66. The molecule has 1 saturated heterocycles. The van der Waals surface area contributed by atoms with Crippen LogP contribution in [0.5, 0.6) is 5.75 Å². The molecular weight excluding hydrogens is 342 g/mol. The van der Waals surface area contributed by atoms with E-state index < -0.39 is 11.9 Å². The van der Waals surface area contributed by atoms with E-state index in [2.05, 4.69) is 53.7 Å². The summed E-state index contributed by atoms with van der Waals surface area (Å²) in [5.74, 6) is -0.848. The number of ether oxygens (including phenoxy) is 1. The van der Waals surface area contributed by atoms with Crippen LogP contribution >= 0.6 is 0 Å². The average molecular weight is 375 g/mol. The highest BCUT2D eigenvalue weighted by Gasteiger charge is 2.26. The Morgan fingerprint density at radius 1 is 1.07 bits per heavy atom. The van der Waals surface area contributed by atoms with Crippen molar-refractivity contribution in [2.24, 2.45) is 5.92 Å². The van der Waals surface area contributed by atoms with Crippen LogP contribution in [-0.2, 0) is 20.4 Å². The lowest BCUT2D eigenvalue weighted by molar-refractivity contribution is -0.312. The van der Waals surface area contributed by atoms with E-state index in [1.807, 2.05) is 6.07 Å². The summed E-state index contributed by atoms with van der Waals surface area (Å²) in [4.78, 5) is 25.1. The van der Waals surface area contributed by atoms with Crippen molar-refractivity contribution in [3.05, 3.63) is 29.3 Å². The molecule has 0 atom stereocenters. The van der Waals surface area contributed by atoms with E-state index in [4.69, 9.17) is 4.74 Å². The van der Waals surface area contributed by atoms with E-state index in [1.165, 1.54) is 5.56 Å². The summed E-state index contributed by atoms with van der Waals surface area (Å²) in [6.07, 6.45) is 0.892. The van der Waals surface area contributed by atoms with Crippen LogP contribution in [0.2, 0.25) is 0 Å². The molecule has 1 aromatic rings. The molecule has 1 heterocycles. The molecular formula is C22H32NO4-. The SMILES string of the molecule is CC(C)(C)c1ccc(OCC(=O)N2CCC(C(=O)[O-])CC2)c(C(C)(C)C)c1. The second-order valence-corrected chi connectivity index (χ2v) is 9.47. The largest absolute Gasteiger partial charge is 0.550 e. The van der Waals surface area contributed by atoms with Crippen LogP contribution in [0.3, 0.4) is 0 Å². The Morgan fingerprint density at radius 3 is 2.15 bits per heavy atom. The number of carboxylic acid groups (broad SMARTS) is 1. The topological polar surface area (TPSA) is 69.7 Å². The standard InChI is InChI=1S/C22H33NO4/c1-21(2,3)16-7-8-18(17(13-16)22(4,5)6)27-14-19(24)23-11-9-15(10-12-23)20(25)26/h7-8,13,15H,9-12,14H2,1-6H3,(H,25,26)/p-1. The van der Waals surface area contributed by atoms with Gasteiger partial charge in [0.15, 0.2) is 6.61 Å². The molecule has 0 spiro atoms. The van der Waals surface area contributed by atoms with Gasteiger partial charge in [0, 0.05) is 25.0 Å². The third-order valence-electron chi connectivity index (χ3n) is 5.19. The molecule has 1 aromatic carbocycles. The lowest BCUT2D eigenvalue weighted by Gasteiger charge is -2.32. The molecule has 0 saturated carbocycles. The van der Waals surface area contributed by atoms with Crippen molar-refractivity contribution in [2.45, 2.75) is 65.2 Å². The molecule has 0 radical (unpaired) electrons. The van der Waals surface area contributed by atoms with E-state index in [9.17, 15) is 14.7 Å². The maximum atomic E-state index is 12.5. The van der Waals surface area contributed by atoms with E-state index in [0.29, 0.717) is 25.9 Å². The summed E-state index contributed by atoms with van der Waals surface area (Å²) in [6, 6.07) is 6.18. The zero-order valence-corrected chi connectivity index (χ0v) is 17.4. The summed E-state index contributed by atoms with van der Waals surface area (Å²) >= 11 is 0. The fourth-order valence-electron chi connectivity index (χ4n) is 3.30. The van der Waals surface area contributed by atoms with Gasteiger partial charge in [0.2, 0.25) is 0 Å². The molecule has 27 heavy (non-hydrogen) atoms. The van der Waals surface area contributed by atoms with Crippen molar-refractivity contribution in [1.82, 2.24) is 4.90 Å². The first kappa shape index (κ1) is 21.3. The van der Waals surface area contributed by atoms with Crippen LogP contribution in [0, 0.1) is 5.92 Å². The Bertz CT molecular complexity index is 689. The van der Waals surface area contributed by atoms with Crippen LogP contribution < -0.4 is 9.84 Å². The zero-order valence-electron chi connectivity index (χ0n) is 17.4. The number of carboxylic acids is 1. The number of aliphatic carboxylic acids is 1. The predicted octanol–water partition coefficient (Wildman–Crippen LogP) is 2.65. The van der Waals surface area contributed by atoms with Crippen LogP contribution in [0.1, 0.15) is 65.5 Å². The number of carbonyl (C=O) groups is 2. The fourth-order valence-corrected chi connectivity index (χ4v) is 3.30. The van der Waals surface area contributed by atoms with Gasteiger partial charge in [0.1, 0.15) is 5.75 Å². The quantitative estimate of drug-likeness (QED) is 0.812. The number of hydrogen-bond donors (Lipinski definition) is 0. The van der Waals surface area contributed by atoms with E-state index in [-0.39, 0.29) is 23.3 Å². The molecule has 1 fully saturated rings. The van der Waals surface area contributed by atoms with Crippen molar-refractivity contribution in [3.63, 3.8) is 0 Å². The number of nitrogens with zero attached hydrogens (tertiary/aromatic N) is 1. The lowest BCUT2D eigenvalue weighted by Crippen LogP contribution is -2.45. The molecule has 5 heteroatoms. The highest BCUT2D eigenvalue weighted by Crippen LogP contribution is 2.35. The molecule has 0 unspecified atom stereocenters. The van der Waals surface area contributed by atoms with Crippen molar-refractivity contribution in [1.29, 1.82) is 0 Å². The maximum Gasteiger partial charge on any atom is 0.260 e. The maximum absolute atomic E-state index is 12.5. The molecule has 0 bridgehead atoms. The van der Waals surface area contributed by atoms with Gasteiger partial charge in [-0.15, -0.1) is 0 Å². The van der Waals surface area contributed by atoms with Crippen molar-refractivity contribution in [3.8, 4) is 5.75 Å². The number of likely N-dealkylation sites (tertiary alicyclic amines) is 1. The molecule has 1 amide bonds. The van der Waals surface area contributed by atoms with Gasteiger partial charge >= 0.3 is 0 Å². The number of rotatable bonds is 4. The molecule has 2 rings (SSSR count). The highest BCUT2D eigenvalue weighted by atomic mass is 16.5. The van der Waals surface area contributed by atoms with Gasteiger partial charge < -0.3 is 19.5 Å². The number of amides is 1. The van der Waals surface area contributed by atoms with Gasteiger partial charge in [-0.1, -0.05) is 53.7 Å². The minimum Gasteiger partial charge on any atom is -0.550 e. The average Bonchev–Trinajstić information content (AvgIpc) is 2.58. The van der Waals surface area contributed by atoms with Gasteiger partial charge in [-0.05, 0) is 40.9 Å². The van der Waals surface area contributed by atoms with E-state index in [0.717, 1.165) is 11.3 Å². The first-order chi connectivity index (χ1) is 12.4. The van der Waals surface area contributed by atoms with Crippen LogP contribution in [-0.4, -0.2) is 36.5 Å². The van der Waals surface area contributed by atoms with Gasteiger partial charge in [0.25, 0.3) is 5.91 Å². The second-order valence-electron chi connectivity index (χ2n) is 9.47. The highest BCUT2D eigenvalue weighted by molar-refractivity contribution is 5.78. The number of benzene rings is 1. The van der Waals surface area contributed by atoms with Crippen molar-refractivity contribution >= 4 is 11.9 Å². The van der Waals surface area contributed by atoms with Crippen LogP contribution in [0.4, 0.5) is 0 Å². The summed E-state index contributed by atoms with van der Waals surface area (Å²) < 4.78 is 5.90. The molecule has 5 nitrogen and oxygen atoms in total. The lowest BCUT2D eigenvalue weighted by atomic mass is 9.80. The number of carbonyl (C=O) groups excluding carboxylic acids is 2. The van der Waals surface area contributed by atoms with Crippen molar-refractivity contribution < 1.29 is 19.4 Å². The zero-order chi connectivity index (χ0) is 20.4. The smallest absolute Gasteiger partial charge is 0.260 e. The normalized spacial score (nSPS) is 16.3. The number of piperidine rings is 1. The van der Waals surface area contributed by atoms with Crippen LogP contribution in [0.25, 0.3) is 0 Å². The second kappa shape index (κ2) is 7.91. The molecule has 1 aliphatic rings. The Morgan fingerprint density at radius 2 is 1.67 bits per heavy atom. The molecule has 1 aliphatic heterocycles. The van der Waals surface area contributed by atoms with Gasteiger partial charge in [-0.25, -0.2) is 0 Å². The molecule has 150 valence electrons. The fraction of sp³-hybridized carbons (Fsp3) is 0.636. The van der Waals surface area contributed by atoms with Gasteiger partial charge in [0.05, 0.1) is 0 Å². The Balaban J connectivity index is 2.07.